The van der Waals surface area contributed by atoms with Gasteiger partial charge in [-0.2, -0.15) is 9.61 Å². The molecule has 0 aliphatic carbocycles. The van der Waals surface area contributed by atoms with Gasteiger partial charge in [0.05, 0.1) is 27.8 Å². The van der Waals surface area contributed by atoms with Gasteiger partial charge in [-0.15, -0.1) is 21.5 Å². The fraction of sp³-hybridized carbons (Fsp3) is 0. The number of nitrogens with zero attached hydrogens (tertiary/aromatic N) is 6. The van der Waals surface area contributed by atoms with Crippen molar-refractivity contribution in [3.05, 3.63) is 90.1 Å². The van der Waals surface area contributed by atoms with E-state index in [-0.39, 0.29) is 11.6 Å². The molecule has 4 heterocycles. The minimum absolute atomic E-state index is 0.253. The van der Waals surface area contributed by atoms with Crippen molar-refractivity contribution in [2.75, 3.05) is 5.32 Å². The van der Waals surface area contributed by atoms with E-state index in [1.807, 2.05) is 78.2 Å². The molecule has 6 rings (SSSR count). The van der Waals surface area contributed by atoms with E-state index in [0.29, 0.717) is 22.7 Å². The number of hydrogen-bond donors (Lipinski definition) is 1. The number of aromatic nitrogens is 6. The number of benzene rings is 2. The molecule has 9 heteroatoms. The molecule has 0 radical (unpaired) electrons. The zero-order valence-electron chi connectivity index (χ0n) is 17.1. The molecule has 0 bridgehead atoms. The lowest BCUT2D eigenvalue weighted by molar-refractivity contribution is 0.102. The Bertz CT molecular complexity index is 1630. The highest BCUT2D eigenvalue weighted by Crippen LogP contribution is 2.25. The third-order valence-electron chi connectivity index (χ3n) is 5.10. The number of thiophene rings is 1. The van der Waals surface area contributed by atoms with Crippen LogP contribution in [-0.2, 0) is 0 Å². The lowest BCUT2D eigenvalue weighted by Gasteiger charge is -2.08. The molecule has 8 nitrogen and oxygen atoms in total. The minimum Gasteiger partial charge on any atom is -0.321 e. The van der Waals surface area contributed by atoms with Crippen LogP contribution >= 0.6 is 11.3 Å². The number of carbonyl (C=O) groups is 1. The first-order chi connectivity index (χ1) is 16.2. The monoisotopic (exact) mass is 449 g/mol. The largest absolute Gasteiger partial charge is 0.321 e. The van der Waals surface area contributed by atoms with Gasteiger partial charge in [0, 0.05) is 11.3 Å². The summed E-state index contributed by atoms with van der Waals surface area (Å²) in [7, 11) is 0. The number of carbonyl (C=O) groups excluding carboxylic acids is 1. The van der Waals surface area contributed by atoms with Crippen LogP contribution in [0.15, 0.2) is 84.4 Å². The standard InChI is InChI=1S/C24H15N7OS/c32-24(20-14-25-18-7-1-2-8-19(18)27-20)26-16-6-3-5-15(13-16)17-10-11-22-28-29-23(31(22)30-17)21-9-4-12-33-21/h1-14H,(H,26,32). The summed E-state index contributed by atoms with van der Waals surface area (Å²) in [5.74, 6) is 0.369. The Balaban J connectivity index is 1.31. The predicted octanol–water partition coefficient (Wildman–Crippen LogP) is 4.72. The van der Waals surface area contributed by atoms with Crippen LogP contribution in [0.1, 0.15) is 10.5 Å². The van der Waals surface area contributed by atoms with Gasteiger partial charge in [0.1, 0.15) is 5.69 Å². The third-order valence-corrected chi connectivity index (χ3v) is 5.97. The number of nitrogens with one attached hydrogen (secondary N) is 1. The highest BCUT2D eigenvalue weighted by atomic mass is 32.1. The van der Waals surface area contributed by atoms with Crippen LogP contribution in [0.2, 0.25) is 0 Å². The van der Waals surface area contributed by atoms with Gasteiger partial charge in [-0.05, 0) is 47.8 Å². The molecule has 2 aromatic carbocycles. The van der Waals surface area contributed by atoms with Gasteiger partial charge in [0.15, 0.2) is 11.5 Å². The molecule has 6 aromatic rings. The number of rotatable bonds is 4. The van der Waals surface area contributed by atoms with Crippen LogP contribution in [0.25, 0.3) is 38.6 Å². The molecular formula is C24H15N7OS. The van der Waals surface area contributed by atoms with E-state index in [1.54, 1.807) is 15.9 Å². The van der Waals surface area contributed by atoms with Crippen molar-refractivity contribution >= 4 is 39.6 Å². The van der Waals surface area contributed by atoms with Gasteiger partial charge in [0.25, 0.3) is 5.91 Å². The lowest BCUT2D eigenvalue weighted by atomic mass is 10.1. The Morgan fingerprint density at radius 2 is 1.82 bits per heavy atom. The summed E-state index contributed by atoms with van der Waals surface area (Å²) in [6.07, 6.45) is 1.48. The van der Waals surface area contributed by atoms with Crippen molar-refractivity contribution in [2.24, 2.45) is 0 Å². The van der Waals surface area contributed by atoms with E-state index >= 15 is 0 Å². The second-order valence-corrected chi connectivity index (χ2v) is 8.22. The summed E-state index contributed by atoms with van der Waals surface area (Å²) < 4.78 is 1.73. The van der Waals surface area contributed by atoms with E-state index in [2.05, 4.69) is 25.5 Å². The number of para-hydroxylation sites is 2. The first-order valence-corrected chi connectivity index (χ1v) is 11.0. The first-order valence-electron chi connectivity index (χ1n) is 10.1. The van der Waals surface area contributed by atoms with Crippen molar-refractivity contribution in [3.8, 4) is 22.0 Å². The Morgan fingerprint density at radius 1 is 0.909 bits per heavy atom. The topological polar surface area (TPSA) is 98.0 Å². The van der Waals surface area contributed by atoms with E-state index in [0.717, 1.165) is 21.7 Å². The fourth-order valence-corrected chi connectivity index (χ4v) is 4.21. The second kappa shape index (κ2) is 7.88. The number of amides is 1. The van der Waals surface area contributed by atoms with E-state index in [1.165, 1.54) is 6.20 Å². The highest BCUT2D eigenvalue weighted by molar-refractivity contribution is 7.13. The summed E-state index contributed by atoms with van der Waals surface area (Å²) >= 11 is 1.58. The molecule has 0 fully saturated rings. The van der Waals surface area contributed by atoms with E-state index < -0.39 is 0 Å². The lowest BCUT2D eigenvalue weighted by Crippen LogP contribution is -2.14. The van der Waals surface area contributed by atoms with Gasteiger partial charge in [-0.1, -0.05) is 30.3 Å². The third kappa shape index (κ3) is 3.60. The van der Waals surface area contributed by atoms with Crippen LogP contribution in [-0.4, -0.2) is 35.7 Å². The first kappa shape index (κ1) is 19.2. The fourth-order valence-electron chi connectivity index (χ4n) is 3.52. The summed E-state index contributed by atoms with van der Waals surface area (Å²) in [4.78, 5) is 22.5. The Morgan fingerprint density at radius 3 is 2.70 bits per heavy atom. The number of anilines is 1. The van der Waals surface area contributed by atoms with E-state index in [9.17, 15) is 4.79 Å². The zero-order valence-corrected chi connectivity index (χ0v) is 17.9. The molecular weight excluding hydrogens is 434 g/mol. The molecule has 0 aliphatic rings. The van der Waals surface area contributed by atoms with Crippen LogP contribution in [0.3, 0.4) is 0 Å². The Kier molecular flexibility index (Phi) is 4.59. The van der Waals surface area contributed by atoms with Crippen LogP contribution < -0.4 is 5.32 Å². The Labute approximate surface area is 191 Å². The van der Waals surface area contributed by atoms with Crippen molar-refractivity contribution in [1.82, 2.24) is 29.8 Å². The quantitative estimate of drug-likeness (QED) is 0.418. The molecule has 33 heavy (non-hydrogen) atoms. The van der Waals surface area contributed by atoms with Crippen molar-refractivity contribution in [3.63, 3.8) is 0 Å². The van der Waals surface area contributed by atoms with Gasteiger partial charge in [0.2, 0.25) is 0 Å². The second-order valence-electron chi connectivity index (χ2n) is 7.27. The van der Waals surface area contributed by atoms with Crippen molar-refractivity contribution < 1.29 is 4.79 Å². The molecule has 0 atom stereocenters. The molecule has 158 valence electrons. The summed E-state index contributed by atoms with van der Waals surface area (Å²) in [6.45, 7) is 0. The van der Waals surface area contributed by atoms with Crippen LogP contribution in [0, 0.1) is 0 Å². The van der Waals surface area contributed by atoms with Crippen LogP contribution in [0.5, 0.6) is 0 Å². The Hall–Kier alpha value is -4.50. The predicted molar refractivity (Wildman–Crippen MR) is 127 cm³/mol. The van der Waals surface area contributed by atoms with Gasteiger partial charge >= 0.3 is 0 Å². The summed E-state index contributed by atoms with van der Waals surface area (Å²) in [5.41, 5.74) is 4.56. The van der Waals surface area contributed by atoms with Crippen molar-refractivity contribution in [2.45, 2.75) is 0 Å². The number of hydrogen-bond acceptors (Lipinski definition) is 7. The average molecular weight is 449 g/mol. The molecule has 0 unspecified atom stereocenters. The highest BCUT2D eigenvalue weighted by Gasteiger charge is 2.13. The summed E-state index contributed by atoms with van der Waals surface area (Å²) in [6, 6.07) is 22.7. The smallest absolute Gasteiger partial charge is 0.275 e. The molecule has 0 spiro atoms. The van der Waals surface area contributed by atoms with Gasteiger partial charge < -0.3 is 5.32 Å². The molecule has 4 aromatic heterocycles. The molecule has 0 saturated carbocycles. The maximum absolute atomic E-state index is 12.8. The average Bonchev–Trinajstić information content (AvgIpc) is 3.53. The zero-order chi connectivity index (χ0) is 22.2. The van der Waals surface area contributed by atoms with Crippen molar-refractivity contribution in [1.29, 1.82) is 0 Å². The minimum atomic E-state index is -0.326. The summed E-state index contributed by atoms with van der Waals surface area (Å²) in [5, 5.41) is 18.1. The maximum Gasteiger partial charge on any atom is 0.275 e. The molecule has 0 saturated heterocycles. The van der Waals surface area contributed by atoms with Gasteiger partial charge in [-0.25, -0.2) is 4.98 Å². The van der Waals surface area contributed by atoms with Crippen LogP contribution in [0.4, 0.5) is 5.69 Å². The normalized spacial score (nSPS) is 11.2. The van der Waals surface area contributed by atoms with Gasteiger partial charge in [-0.3, -0.25) is 9.78 Å². The molecule has 1 N–H and O–H groups in total. The SMILES string of the molecule is O=C(Nc1cccc(-c2ccc3nnc(-c4cccs4)n3n2)c1)c1cnc2ccccc2n1. The van der Waals surface area contributed by atoms with E-state index in [4.69, 9.17) is 5.10 Å². The maximum atomic E-state index is 12.8. The molecule has 0 aliphatic heterocycles. The number of fused-ring (bicyclic) bond motifs is 2. The molecule has 1 amide bonds.